The summed E-state index contributed by atoms with van der Waals surface area (Å²) in [5.41, 5.74) is 1.46. The molecule has 2 unspecified atom stereocenters. The molecule has 1 aliphatic heterocycles. The Hall–Kier alpha value is -3.07. The number of benzene rings is 1. The van der Waals surface area contributed by atoms with Crippen molar-refractivity contribution >= 4 is 23.3 Å². The molecule has 2 heterocycles. The lowest BCUT2D eigenvalue weighted by molar-refractivity contribution is -0.139. The van der Waals surface area contributed by atoms with Crippen LogP contribution in [0.2, 0.25) is 0 Å². The first-order chi connectivity index (χ1) is 15.7. The van der Waals surface area contributed by atoms with Crippen LogP contribution in [0.5, 0.6) is 0 Å². The minimum absolute atomic E-state index is 0.0606. The number of nitrogens with zero attached hydrogens (tertiary/aromatic N) is 3. The zero-order chi connectivity index (χ0) is 24.1. The van der Waals surface area contributed by atoms with Crippen LogP contribution in [0.25, 0.3) is 0 Å². The van der Waals surface area contributed by atoms with E-state index in [0.717, 1.165) is 18.5 Å². The number of carbonyl (C=O) groups excluding carboxylic acids is 2. The highest BCUT2D eigenvalue weighted by molar-refractivity contribution is 5.90. The Labute approximate surface area is 194 Å². The summed E-state index contributed by atoms with van der Waals surface area (Å²) in [4.78, 5) is 36.8. The van der Waals surface area contributed by atoms with Crippen LogP contribution in [-0.2, 0) is 9.59 Å². The molecule has 0 spiro atoms. The van der Waals surface area contributed by atoms with Crippen molar-refractivity contribution in [2.24, 2.45) is 5.92 Å². The second kappa shape index (κ2) is 10.7. The summed E-state index contributed by atoms with van der Waals surface area (Å²) in [6, 6.07) is 6.66. The number of amides is 2. The lowest BCUT2D eigenvalue weighted by atomic mass is 10.0. The fourth-order valence-electron chi connectivity index (χ4n) is 3.95. The van der Waals surface area contributed by atoms with Gasteiger partial charge in [0, 0.05) is 18.3 Å². The molecule has 33 heavy (non-hydrogen) atoms. The number of halogens is 1. The molecular formula is C24H33FN6O2. The smallest absolute Gasteiger partial charge is 0.245 e. The van der Waals surface area contributed by atoms with Crippen molar-refractivity contribution in [2.45, 2.75) is 58.7 Å². The highest BCUT2D eigenvalue weighted by Gasteiger charge is 2.37. The fourth-order valence-corrected chi connectivity index (χ4v) is 3.95. The molecule has 2 aromatic rings. The third kappa shape index (κ3) is 6.04. The maximum Gasteiger partial charge on any atom is 0.245 e. The standard InChI is InChI=1S/C24H33FN6O2/c1-14(2)22(30-23(32)15(3)26-5)24(33)31-12-6-7-20(31)19-13-21(28-16(4)27-19)29-18-10-8-17(25)9-11-18/h8-11,13-15,20,22,26H,6-7,12H2,1-5H3,(H,30,32)(H,27,28,29)/t15?,20?,22-/m0/s1. The molecule has 178 valence electrons. The average Bonchev–Trinajstić information content (AvgIpc) is 3.27. The summed E-state index contributed by atoms with van der Waals surface area (Å²) >= 11 is 0. The van der Waals surface area contributed by atoms with E-state index in [1.165, 1.54) is 12.1 Å². The van der Waals surface area contributed by atoms with Crippen LogP contribution >= 0.6 is 0 Å². The van der Waals surface area contributed by atoms with Crippen LogP contribution in [0.3, 0.4) is 0 Å². The van der Waals surface area contributed by atoms with E-state index in [4.69, 9.17) is 0 Å². The van der Waals surface area contributed by atoms with Crippen molar-refractivity contribution in [3.8, 4) is 0 Å². The van der Waals surface area contributed by atoms with Crippen molar-refractivity contribution < 1.29 is 14.0 Å². The van der Waals surface area contributed by atoms with Gasteiger partial charge in [0.25, 0.3) is 0 Å². The third-order valence-corrected chi connectivity index (χ3v) is 5.91. The van der Waals surface area contributed by atoms with Crippen LogP contribution in [0.4, 0.5) is 15.9 Å². The molecule has 9 heteroatoms. The second-order valence-corrected chi connectivity index (χ2v) is 8.79. The molecule has 0 radical (unpaired) electrons. The Morgan fingerprint density at radius 2 is 1.85 bits per heavy atom. The van der Waals surface area contributed by atoms with Gasteiger partial charge in [0.15, 0.2) is 0 Å². The Balaban J connectivity index is 1.82. The number of aryl methyl sites for hydroxylation is 1. The van der Waals surface area contributed by atoms with Crippen molar-refractivity contribution in [3.05, 3.63) is 47.7 Å². The van der Waals surface area contributed by atoms with Crippen molar-refractivity contribution in [2.75, 3.05) is 18.9 Å². The van der Waals surface area contributed by atoms with Crippen LogP contribution in [0.1, 0.15) is 51.2 Å². The van der Waals surface area contributed by atoms with E-state index in [1.807, 2.05) is 24.8 Å². The maximum atomic E-state index is 13.5. The van der Waals surface area contributed by atoms with E-state index in [1.54, 1.807) is 33.0 Å². The normalized spacial score (nSPS) is 17.7. The molecule has 1 fully saturated rings. The van der Waals surface area contributed by atoms with E-state index >= 15 is 0 Å². The molecular weight excluding hydrogens is 423 g/mol. The summed E-state index contributed by atoms with van der Waals surface area (Å²) < 4.78 is 13.2. The number of hydrogen-bond acceptors (Lipinski definition) is 6. The highest BCUT2D eigenvalue weighted by atomic mass is 19.1. The number of rotatable bonds is 8. The summed E-state index contributed by atoms with van der Waals surface area (Å²) in [6.07, 6.45) is 1.63. The number of anilines is 2. The van der Waals surface area contributed by atoms with Gasteiger partial charge in [0.2, 0.25) is 11.8 Å². The van der Waals surface area contributed by atoms with Crippen molar-refractivity contribution in [3.63, 3.8) is 0 Å². The number of likely N-dealkylation sites (tertiary alicyclic amines) is 1. The largest absolute Gasteiger partial charge is 0.343 e. The molecule has 1 saturated heterocycles. The first kappa shape index (κ1) is 24.6. The first-order valence-electron chi connectivity index (χ1n) is 11.4. The first-order valence-corrected chi connectivity index (χ1v) is 11.4. The number of likely N-dealkylation sites (N-methyl/N-ethyl adjacent to an activating group) is 1. The molecule has 0 saturated carbocycles. The number of hydrogen-bond donors (Lipinski definition) is 3. The highest BCUT2D eigenvalue weighted by Crippen LogP contribution is 2.33. The van der Waals surface area contributed by atoms with Gasteiger partial charge in [-0.1, -0.05) is 13.8 Å². The Kier molecular flexibility index (Phi) is 7.97. The molecule has 1 aromatic carbocycles. The number of aromatic nitrogens is 2. The molecule has 0 aliphatic carbocycles. The van der Waals surface area contributed by atoms with E-state index in [9.17, 15) is 14.0 Å². The minimum Gasteiger partial charge on any atom is -0.343 e. The molecule has 3 rings (SSSR count). The fraction of sp³-hybridized carbons (Fsp3) is 0.500. The molecule has 2 amide bonds. The van der Waals surface area contributed by atoms with Gasteiger partial charge in [-0.15, -0.1) is 0 Å². The van der Waals surface area contributed by atoms with Crippen LogP contribution in [0, 0.1) is 18.7 Å². The van der Waals surface area contributed by atoms with E-state index in [0.29, 0.717) is 23.9 Å². The van der Waals surface area contributed by atoms with Crippen molar-refractivity contribution in [1.82, 2.24) is 25.5 Å². The molecule has 3 N–H and O–H groups in total. The second-order valence-electron chi connectivity index (χ2n) is 8.79. The van der Waals surface area contributed by atoms with Gasteiger partial charge in [-0.2, -0.15) is 0 Å². The minimum atomic E-state index is -0.617. The summed E-state index contributed by atoms with van der Waals surface area (Å²) in [5.74, 6) is 0.482. The van der Waals surface area contributed by atoms with E-state index in [2.05, 4.69) is 25.9 Å². The zero-order valence-electron chi connectivity index (χ0n) is 19.9. The number of nitrogens with one attached hydrogen (secondary N) is 3. The SMILES string of the molecule is CNC(C)C(=O)N[C@H](C(=O)N1CCCC1c1cc(Nc2ccc(F)cc2)nc(C)n1)C(C)C. The lowest BCUT2D eigenvalue weighted by Crippen LogP contribution is -2.54. The summed E-state index contributed by atoms with van der Waals surface area (Å²) in [7, 11) is 1.71. The van der Waals surface area contributed by atoms with Gasteiger partial charge < -0.3 is 20.9 Å². The van der Waals surface area contributed by atoms with Gasteiger partial charge in [-0.05, 0) is 63.9 Å². The van der Waals surface area contributed by atoms with Gasteiger partial charge in [0.1, 0.15) is 23.5 Å². The predicted molar refractivity (Wildman–Crippen MR) is 125 cm³/mol. The van der Waals surface area contributed by atoms with E-state index < -0.39 is 12.1 Å². The maximum absolute atomic E-state index is 13.5. The van der Waals surface area contributed by atoms with Crippen LogP contribution < -0.4 is 16.0 Å². The lowest BCUT2D eigenvalue weighted by Gasteiger charge is -2.31. The number of carbonyl (C=O) groups is 2. The monoisotopic (exact) mass is 456 g/mol. The predicted octanol–water partition coefficient (Wildman–Crippen LogP) is 3.08. The van der Waals surface area contributed by atoms with Crippen LogP contribution in [0.15, 0.2) is 30.3 Å². The van der Waals surface area contributed by atoms with Crippen LogP contribution in [-0.4, -0.2) is 52.4 Å². The molecule has 0 bridgehead atoms. The molecule has 1 aromatic heterocycles. The Morgan fingerprint density at radius 1 is 1.15 bits per heavy atom. The quantitative estimate of drug-likeness (QED) is 0.565. The Morgan fingerprint density at radius 3 is 2.48 bits per heavy atom. The van der Waals surface area contributed by atoms with Gasteiger partial charge in [0.05, 0.1) is 17.8 Å². The van der Waals surface area contributed by atoms with Gasteiger partial charge >= 0.3 is 0 Å². The molecule has 3 atom stereocenters. The molecule has 8 nitrogen and oxygen atoms in total. The molecule has 1 aliphatic rings. The average molecular weight is 457 g/mol. The van der Waals surface area contributed by atoms with Gasteiger partial charge in [-0.3, -0.25) is 9.59 Å². The third-order valence-electron chi connectivity index (χ3n) is 5.91. The van der Waals surface area contributed by atoms with Crippen molar-refractivity contribution in [1.29, 1.82) is 0 Å². The van der Waals surface area contributed by atoms with E-state index in [-0.39, 0.29) is 29.6 Å². The summed E-state index contributed by atoms with van der Waals surface area (Å²) in [6.45, 7) is 8.02. The van der Waals surface area contributed by atoms with Gasteiger partial charge in [-0.25, -0.2) is 14.4 Å². The Bertz CT molecular complexity index is 981. The summed E-state index contributed by atoms with van der Waals surface area (Å²) in [5, 5.41) is 8.99. The zero-order valence-corrected chi connectivity index (χ0v) is 19.9. The topological polar surface area (TPSA) is 99.2 Å².